The first-order valence-corrected chi connectivity index (χ1v) is 11.6. The van der Waals surface area contributed by atoms with Gasteiger partial charge in [0.2, 0.25) is 11.8 Å². The minimum Gasteiger partial charge on any atom is -0.377 e. The maximum Gasteiger partial charge on any atom is 0.251 e. The van der Waals surface area contributed by atoms with Crippen LogP contribution in [0.3, 0.4) is 0 Å². The number of anilines is 1. The fourth-order valence-electron chi connectivity index (χ4n) is 4.03. The molecular formula is C27H33N3O5. The molecule has 2 bridgehead atoms. The second-order valence-corrected chi connectivity index (χ2v) is 8.87. The van der Waals surface area contributed by atoms with E-state index < -0.39 is 18.2 Å². The van der Waals surface area contributed by atoms with E-state index in [-0.39, 0.29) is 30.2 Å². The molecule has 35 heavy (non-hydrogen) atoms. The molecule has 8 nitrogen and oxygen atoms in total. The maximum absolute atomic E-state index is 13.4. The van der Waals surface area contributed by atoms with E-state index in [0.717, 1.165) is 0 Å². The maximum atomic E-state index is 13.4. The van der Waals surface area contributed by atoms with E-state index in [1.807, 2.05) is 32.0 Å². The molecule has 1 heterocycles. The van der Waals surface area contributed by atoms with Crippen molar-refractivity contribution in [1.82, 2.24) is 10.6 Å². The summed E-state index contributed by atoms with van der Waals surface area (Å²) in [4.78, 5) is 38.8. The Kier molecular flexibility index (Phi) is 9.17. The fraction of sp³-hybridized carbons (Fsp3) is 0.370. The van der Waals surface area contributed by atoms with Gasteiger partial charge in [-0.15, -0.1) is 0 Å². The molecule has 0 radical (unpaired) electrons. The molecule has 3 N–H and O–H groups in total. The van der Waals surface area contributed by atoms with Gasteiger partial charge in [0.05, 0.1) is 0 Å². The number of nitrogens with one attached hydrogen (secondary N) is 3. The fourth-order valence-corrected chi connectivity index (χ4v) is 4.03. The first kappa shape index (κ1) is 26.1. The molecule has 0 saturated heterocycles. The average molecular weight is 480 g/mol. The third-order valence-corrected chi connectivity index (χ3v) is 5.80. The van der Waals surface area contributed by atoms with Gasteiger partial charge >= 0.3 is 0 Å². The third kappa shape index (κ3) is 7.00. The van der Waals surface area contributed by atoms with Gasteiger partial charge in [-0.2, -0.15) is 0 Å². The van der Waals surface area contributed by atoms with Gasteiger partial charge in [-0.25, -0.2) is 0 Å². The predicted octanol–water partition coefficient (Wildman–Crippen LogP) is 3.32. The van der Waals surface area contributed by atoms with Crippen LogP contribution >= 0.6 is 0 Å². The van der Waals surface area contributed by atoms with Gasteiger partial charge in [-0.1, -0.05) is 44.2 Å². The Hall–Kier alpha value is -3.49. The van der Waals surface area contributed by atoms with Crippen molar-refractivity contribution in [1.29, 1.82) is 0 Å². The number of hydrogen-bond acceptors (Lipinski definition) is 5. The van der Waals surface area contributed by atoms with Crippen molar-refractivity contribution in [2.45, 2.75) is 38.5 Å². The molecule has 1 aliphatic heterocycles. The van der Waals surface area contributed by atoms with E-state index >= 15 is 0 Å². The molecule has 3 atom stereocenters. The Morgan fingerprint density at radius 2 is 1.74 bits per heavy atom. The summed E-state index contributed by atoms with van der Waals surface area (Å²) in [5, 5.41) is 8.67. The zero-order valence-corrected chi connectivity index (χ0v) is 20.5. The number of rotatable bonds is 4. The van der Waals surface area contributed by atoms with Crippen molar-refractivity contribution >= 4 is 29.5 Å². The molecule has 0 aliphatic carbocycles. The Morgan fingerprint density at radius 1 is 0.971 bits per heavy atom. The van der Waals surface area contributed by atoms with E-state index in [4.69, 9.17) is 9.47 Å². The highest BCUT2D eigenvalue weighted by molar-refractivity contribution is 6.02. The molecule has 2 aromatic carbocycles. The molecule has 0 spiro atoms. The third-order valence-electron chi connectivity index (χ3n) is 5.80. The number of ether oxygens (including phenoxy) is 2. The SMILES string of the molecule is COC1c2ccccc2NC(=O)[C@H](CC(C)C)NC(=O)c2cccc(c2)/C=C/C(=O)NC[C@H]1OC. The van der Waals surface area contributed by atoms with E-state index in [1.54, 1.807) is 50.6 Å². The van der Waals surface area contributed by atoms with Crippen LogP contribution < -0.4 is 16.0 Å². The Labute approximate surface area is 206 Å². The summed E-state index contributed by atoms with van der Waals surface area (Å²) in [7, 11) is 3.09. The highest BCUT2D eigenvalue weighted by atomic mass is 16.5. The zero-order valence-electron chi connectivity index (χ0n) is 20.5. The molecule has 3 rings (SSSR count). The highest BCUT2D eigenvalue weighted by Crippen LogP contribution is 2.29. The Balaban J connectivity index is 2.04. The molecule has 1 aliphatic rings. The lowest BCUT2D eigenvalue weighted by Gasteiger charge is -2.28. The van der Waals surface area contributed by atoms with Crippen molar-refractivity contribution in [3.63, 3.8) is 0 Å². The lowest BCUT2D eigenvalue weighted by Crippen LogP contribution is -2.44. The molecule has 0 saturated carbocycles. The lowest BCUT2D eigenvalue weighted by molar-refractivity contribution is -0.118. The summed E-state index contributed by atoms with van der Waals surface area (Å²) in [5.41, 5.74) is 2.34. The molecule has 3 amide bonds. The van der Waals surface area contributed by atoms with Crippen LogP contribution in [0.25, 0.3) is 6.08 Å². The van der Waals surface area contributed by atoms with Crippen LogP contribution in [0, 0.1) is 5.92 Å². The van der Waals surface area contributed by atoms with Crippen molar-refractivity contribution in [2.75, 3.05) is 26.1 Å². The molecule has 0 fully saturated rings. The van der Waals surface area contributed by atoms with Crippen molar-refractivity contribution in [3.8, 4) is 0 Å². The van der Waals surface area contributed by atoms with E-state index in [1.165, 1.54) is 6.08 Å². The quantitative estimate of drug-likeness (QED) is 0.624. The Morgan fingerprint density at radius 3 is 2.46 bits per heavy atom. The van der Waals surface area contributed by atoms with Crippen LogP contribution in [-0.2, 0) is 19.1 Å². The van der Waals surface area contributed by atoms with Crippen LogP contribution in [-0.4, -0.2) is 50.6 Å². The van der Waals surface area contributed by atoms with Gasteiger partial charge in [0.15, 0.2) is 0 Å². The monoisotopic (exact) mass is 479 g/mol. The van der Waals surface area contributed by atoms with Gasteiger partial charge in [-0.3, -0.25) is 14.4 Å². The number of carbonyl (C=O) groups is 3. The first-order chi connectivity index (χ1) is 16.8. The predicted molar refractivity (Wildman–Crippen MR) is 135 cm³/mol. The van der Waals surface area contributed by atoms with Gasteiger partial charge < -0.3 is 25.4 Å². The average Bonchev–Trinajstić information content (AvgIpc) is 2.84. The topological polar surface area (TPSA) is 106 Å². The number of carbonyl (C=O) groups excluding carboxylic acids is 3. The standard InChI is InChI=1S/C27H33N3O5/c1-17(2)14-22-27(33)29-21-11-6-5-10-20(21)25(35-4)23(34-3)16-28-24(31)13-12-18-8-7-9-19(15-18)26(32)30-22/h5-13,15,17,22-23,25H,14,16H2,1-4H3,(H,28,31)(H,29,33)(H,30,32)/b13-12+/t22-,23+,25?/m0/s1. The van der Waals surface area contributed by atoms with Crippen molar-refractivity contribution in [3.05, 3.63) is 71.3 Å². The number of benzene rings is 2. The summed E-state index contributed by atoms with van der Waals surface area (Å²) < 4.78 is 11.4. The number of amides is 3. The number of para-hydroxylation sites is 1. The van der Waals surface area contributed by atoms with E-state index in [9.17, 15) is 14.4 Å². The molecule has 8 heteroatoms. The van der Waals surface area contributed by atoms with Gasteiger partial charge in [0.25, 0.3) is 5.91 Å². The zero-order chi connectivity index (χ0) is 25.4. The molecule has 0 aromatic heterocycles. The van der Waals surface area contributed by atoms with Crippen molar-refractivity contribution < 1.29 is 23.9 Å². The smallest absolute Gasteiger partial charge is 0.251 e. The van der Waals surface area contributed by atoms with Crippen LogP contribution in [0.5, 0.6) is 0 Å². The molecule has 2 aromatic rings. The van der Waals surface area contributed by atoms with Crippen molar-refractivity contribution in [2.24, 2.45) is 5.92 Å². The highest BCUT2D eigenvalue weighted by Gasteiger charge is 2.28. The summed E-state index contributed by atoms with van der Waals surface area (Å²) in [6.07, 6.45) is 2.43. The largest absolute Gasteiger partial charge is 0.377 e. The normalized spacial score (nSPS) is 22.4. The summed E-state index contributed by atoms with van der Waals surface area (Å²) in [6, 6.07) is 13.4. The van der Waals surface area contributed by atoms with Gasteiger partial charge in [-0.05, 0) is 42.2 Å². The van der Waals surface area contributed by atoms with E-state index in [0.29, 0.717) is 28.8 Å². The summed E-state index contributed by atoms with van der Waals surface area (Å²) >= 11 is 0. The number of methoxy groups -OCH3 is 2. The second kappa shape index (κ2) is 12.3. The number of hydrogen-bond donors (Lipinski definition) is 3. The van der Waals surface area contributed by atoms with E-state index in [2.05, 4.69) is 16.0 Å². The Bertz CT molecular complexity index is 1080. The molecular weight excluding hydrogens is 446 g/mol. The van der Waals surface area contributed by atoms with Crippen LogP contribution in [0.2, 0.25) is 0 Å². The lowest BCUT2D eigenvalue weighted by atomic mass is 10.00. The minimum atomic E-state index is -0.743. The van der Waals surface area contributed by atoms with Crippen LogP contribution in [0.4, 0.5) is 5.69 Å². The van der Waals surface area contributed by atoms with Gasteiger partial charge in [0, 0.05) is 43.7 Å². The molecule has 1 unspecified atom stereocenters. The first-order valence-electron chi connectivity index (χ1n) is 11.6. The van der Waals surface area contributed by atoms with Crippen LogP contribution in [0.15, 0.2) is 54.6 Å². The summed E-state index contributed by atoms with van der Waals surface area (Å²) in [6.45, 7) is 4.18. The van der Waals surface area contributed by atoms with Crippen LogP contribution in [0.1, 0.15) is 47.9 Å². The van der Waals surface area contributed by atoms with Gasteiger partial charge in [0.1, 0.15) is 18.2 Å². The minimum absolute atomic E-state index is 0.173. The second-order valence-electron chi connectivity index (χ2n) is 8.87. The summed E-state index contributed by atoms with van der Waals surface area (Å²) in [5.74, 6) is -0.819. The number of fused-ring (bicyclic) bond motifs is 3. The molecule has 186 valence electrons.